The molecule has 2 N–H and O–H groups in total. The lowest BCUT2D eigenvalue weighted by Crippen LogP contribution is -2.21. The van der Waals surface area contributed by atoms with Crippen molar-refractivity contribution in [2.45, 2.75) is 20.3 Å². The molecule has 15 heavy (non-hydrogen) atoms. The van der Waals surface area contributed by atoms with Crippen LogP contribution in [0.5, 0.6) is 0 Å². The average Bonchev–Trinajstić information content (AvgIpc) is 2.19. The molecule has 0 saturated heterocycles. The van der Waals surface area contributed by atoms with Gasteiger partial charge in [0, 0.05) is 19.2 Å². The lowest BCUT2D eigenvalue weighted by atomic mass is 10.3. The fourth-order valence-electron chi connectivity index (χ4n) is 1.33. The van der Waals surface area contributed by atoms with E-state index >= 15 is 0 Å². The van der Waals surface area contributed by atoms with E-state index in [4.69, 9.17) is 11.0 Å². The Morgan fingerprint density at radius 3 is 2.67 bits per heavy atom. The molecule has 1 rings (SSSR count). The first-order chi connectivity index (χ1) is 7.06. The van der Waals surface area contributed by atoms with Crippen LogP contribution in [0.4, 0.5) is 11.6 Å². The van der Waals surface area contributed by atoms with Crippen LogP contribution in [-0.4, -0.2) is 23.6 Å². The van der Waals surface area contributed by atoms with Gasteiger partial charge in [0.05, 0.1) is 12.5 Å². The molecule has 0 saturated carbocycles. The molecule has 0 radical (unpaired) electrons. The van der Waals surface area contributed by atoms with Crippen molar-refractivity contribution in [2.24, 2.45) is 0 Å². The lowest BCUT2D eigenvalue weighted by molar-refractivity contribution is 0.864. The van der Waals surface area contributed by atoms with E-state index in [1.54, 1.807) is 6.92 Å². The van der Waals surface area contributed by atoms with Crippen LogP contribution in [0.3, 0.4) is 0 Å². The van der Waals surface area contributed by atoms with Crippen molar-refractivity contribution in [3.8, 4) is 6.07 Å². The Bertz CT molecular complexity index is 394. The van der Waals surface area contributed by atoms with E-state index in [2.05, 4.69) is 16.0 Å². The van der Waals surface area contributed by atoms with Gasteiger partial charge in [-0.2, -0.15) is 5.26 Å². The number of anilines is 2. The second-order valence-electron chi connectivity index (χ2n) is 3.43. The standard InChI is InChI=1S/C10H15N5/c1-7-9(12)13-8(2)14-10(7)15(3)6-4-5-11/h4,6H2,1-3H3,(H2,12,13,14). The maximum absolute atomic E-state index is 8.51. The summed E-state index contributed by atoms with van der Waals surface area (Å²) in [6.07, 6.45) is 0.471. The number of nitriles is 1. The molecule has 80 valence electrons. The molecular formula is C10H15N5. The Hall–Kier alpha value is -1.83. The number of nitrogens with two attached hydrogens (primary N) is 1. The van der Waals surface area contributed by atoms with Crippen molar-refractivity contribution in [1.29, 1.82) is 5.26 Å². The summed E-state index contributed by atoms with van der Waals surface area (Å²) < 4.78 is 0. The van der Waals surface area contributed by atoms with Crippen LogP contribution >= 0.6 is 0 Å². The highest BCUT2D eigenvalue weighted by molar-refractivity contribution is 5.55. The summed E-state index contributed by atoms with van der Waals surface area (Å²) in [5.74, 6) is 1.95. The molecule has 5 heteroatoms. The van der Waals surface area contributed by atoms with Crippen LogP contribution in [0, 0.1) is 25.2 Å². The third kappa shape index (κ3) is 2.56. The molecule has 1 aromatic heterocycles. The molecular weight excluding hydrogens is 190 g/mol. The molecule has 1 aromatic rings. The molecule has 0 unspecified atom stereocenters. The van der Waals surface area contributed by atoms with E-state index in [9.17, 15) is 0 Å². The van der Waals surface area contributed by atoms with Crippen molar-refractivity contribution in [3.05, 3.63) is 11.4 Å². The van der Waals surface area contributed by atoms with Gasteiger partial charge in [0.15, 0.2) is 0 Å². The summed E-state index contributed by atoms with van der Waals surface area (Å²) in [6, 6.07) is 2.10. The quantitative estimate of drug-likeness (QED) is 0.797. The number of nitrogens with zero attached hydrogens (tertiary/aromatic N) is 4. The second kappa shape index (κ2) is 4.60. The van der Waals surface area contributed by atoms with Crippen molar-refractivity contribution >= 4 is 11.6 Å². The highest BCUT2D eigenvalue weighted by atomic mass is 15.2. The average molecular weight is 205 g/mol. The minimum atomic E-state index is 0.471. The van der Waals surface area contributed by atoms with E-state index in [-0.39, 0.29) is 0 Å². The molecule has 0 aliphatic carbocycles. The van der Waals surface area contributed by atoms with Gasteiger partial charge < -0.3 is 10.6 Å². The van der Waals surface area contributed by atoms with Gasteiger partial charge >= 0.3 is 0 Å². The first-order valence-corrected chi connectivity index (χ1v) is 4.75. The summed E-state index contributed by atoms with van der Waals surface area (Å²) in [7, 11) is 1.89. The summed E-state index contributed by atoms with van der Waals surface area (Å²) in [6.45, 7) is 4.33. The fraction of sp³-hybridized carbons (Fsp3) is 0.500. The molecule has 0 aromatic carbocycles. The summed E-state index contributed by atoms with van der Waals surface area (Å²) in [5, 5.41) is 8.51. The van der Waals surface area contributed by atoms with Gasteiger partial charge in [0.1, 0.15) is 17.5 Å². The Balaban J connectivity index is 2.98. The highest BCUT2D eigenvalue weighted by Crippen LogP contribution is 2.20. The van der Waals surface area contributed by atoms with Gasteiger partial charge in [-0.3, -0.25) is 0 Å². The number of hydrogen-bond acceptors (Lipinski definition) is 5. The third-order valence-corrected chi connectivity index (χ3v) is 2.19. The number of rotatable bonds is 3. The second-order valence-corrected chi connectivity index (χ2v) is 3.43. The fourth-order valence-corrected chi connectivity index (χ4v) is 1.33. The molecule has 0 bridgehead atoms. The zero-order valence-electron chi connectivity index (χ0n) is 9.28. The monoisotopic (exact) mass is 205 g/mol. The van der Waals surface area contributed by atoms with E-state index < -0.39 is 0 Å². The van der Waals surface area contributed by atoms with Gasteiger partial charge in [-0.05, 0) is 13.8 Å². The summed E-state index contributed by atoms with van der Waals surface area (Å²) in [5.41, 5.74) is 6.61. The predicted octanol–water partition coefficient (Wildman–Crippen LogP) is 1.03. The Morgan fingerprint density at radius 1 is 1.40 bits per heavy atom. The number of aromatic nitrogens is 2. The maximum Gasteiger partial charge on any atom is 0.137 e. The zero-order valence-corrected chi connectivity index (χ0v) is 9.28. The van der Waals surface area contributed by atoms with E-state index in [0.29, 0.717) is 24.6 Å². The van der Waals surface area contributed by atoms with Crippen molar-refractivity contribution in [3.63, 3.8) is 0 Å². The maximum atomic E-state index is 8.51. The minimum absolute atomic E-state index is 0.471. The number of hydrogen-bond donors (Lipinski definition) is 1. The molecule has 0 aliphatic rings. The molecule has 0 amide bonds. The minimum Gasteiger partial charge on any atom is -0.383 e. The van der Waals surface area contributed by atoms with Crippen molar-refractivity contribution in [2.75, 3.05) is 24.2 Å². The smallest absolute Gasteiger partial charge is 0.137 e. The van der Waals surface area contributed by atoms with Gasteiger partial charge in [-0.25, -0.2) is 9.97 Å². The summed E-state index contributed by atoms with van der Waals surface area (Å²) >= 11 is 0. The first kappa shape index (κ1) is 11.2. The summed E-state index contributed by atoms with van der Waals surface area (Å²) in [4.78, 5) is 10.3. The molecule has 0 atom stereocenters. The first-order valence-electron chi connectivity index (χ1n) is 4.75. The normalized spacial score (nSPS) is 9.73. The van der Waals surface area contributed by atoms with Crippen LogP contribution < -0.4 is 10.6 Å². The molecule has 5 nitrogen and oxygen atoms in total. The van der Waals surface area contributed by atoms with E-state index in [0.717, 1.165) is 11.4 Å². The SMILES string of the molecule is Cc1nc(N)c(C)c(N(C)CCC#N)n1. The molecule has 0 spiro atoms. The van der Waals surface area contributed by atoms with Crippen molar-refractivity contribution < 1.29 is 0 Å². The Kier molecular flexibility index (Phi) is 3.45. The van der Waals surface area contributed by atoms with Crippen LogP contribution in [0.1, 0.15) is 17.8 Å². The third-order valence-electron chi connectivity index (χ3n) is 2.19. The van der Waals surface area contributed by atoms with Gasteiger partial charge in [-0.15, -0.1) is 0 Å². The van der Waals surface area contributed by atoms with Gasteiger partial charge in [0.25, 0.3) is 0 Å². The largest absolute Gasteiger partial charge is 0.383 e. The van der Waals surface area contributed by atoms with Crippen LogP contribution in [-0.2, 0) is 0 Å². The van der Waals surface area contributed by atoms with Crippen LogP contribution in [0.25, 0.3) is 0 Å². The zero-order chi connectivity index (χ0) is 11.4. The van der Waals surface area contributed by atoms with Gasteiger partial charge in [0.2, 0.25) is 0 Å². The number of nitrogen functional groups attached to an aromatic ring is 1. The number of aryl methyl sites for hydroxylation is 1. The Morgan fingerprint density at radius 2 is 2.07 bits per heavy atom. The highest BCUT2D eigenvalue weighted by Gasteiger charge is 2.10. The Labute approximate surface area is 89.6 Å². The van der Waals surface area contributed by atoms with Crippen LogP contribution in [0.2, 0.25) is 0 Å². The van der Waals surface area contributed by atoms with Gasteiger partial charge in [-0.1, -0.05) is 0 Å². The van der Waals surface area contributed by atoms with Crippen molar-refractivity contribution in [1.82, 2.24) is 9.97 Å². The van der Waals surface area contributed by atoms with E-state index in [1.165, 1.54) is 0 Å². The lowest BCUT2D eigenvalue weighted by Gasteiger charge is -2.19. The molecule has 0 aliphatic heterocycles. The predicted molar refractivity (Wildman–Crippen MR) is 59.4 cm³/mol. The molecule has 0 fully saturated rings. The van der Waals surface area contributed by atoms with E-state index in [1.807, 2.05) is 18.9 Å². The topological polar surface area (TPSA) is 78.8 Å². The molecule has 1 heterocycles. The van der Waals surface area contributed by atoms with Crippen LogP contribution in [0.15, 0.2) is 0 Å².